The summed E-state index contributed by atoms with van der Waals surface area (Å²) in [7, 11) is 1.44. The molecule has 0 radical (unpaired) electrons. The summed E-state index contributed by atoms with van der Waals surface area (Å²) in [5.74, 6) is -0.540. The standard InChI is InChI=1S/C31H27Cl2FN4O5/c1-42-24-11-17-21(10-18(24)29(39)40)36-38-27-23(13-43-28(17)38)37(12-14-5-6-14)31(25(27)16-3-2-4-20(33)26(16)34)19-8-7-15(32)9-22(19)35-30(31)41/h2-4,7-11,14,23,25,27,29,39-40H,5-6,12-13H2,1H3,(H,35,41)/t23-,25-,27+,31+/m0/s1. The van der Waals surface area contributed by atoms with Gasteiger partial charge in [-0.05, 0) is 54.7 Å². The highest BCUT2D eigenvalue weighted by Gasteiger charge is 2.69. The van der Waals surface area contributed by atoms with Crippen molar-refractivity contribution in [3.8, 4) is 11.6 Å². The van der Waals surface area contributed by atoms with Crippen molar-refractivity contribution in [1.82, 2.24) is 14.7 Å². The number of likely N-dealkylation sites (tertiary alicyclic amines) is 1. The van der Waals surface area contributed by atoms with Crippen molar-refractivity contribution in [2.24, 2.45) is 5.92 Å². The summed E-state index contributed by atoms with van der Waals surface area (Å²) in [6.45, 7) is 0.838. The summed E-state index contributed by atoms with van der Waals surface area (Å²) in [5.41, 5.74) is 0.891. The molecular formula is C31H27Cl2FN4O5. The van der Waals surface area contributed by atoms with Crippen LogP contribution < -0.4 is 14.8 Å². The zero-order valence-electron chi connectivity index (χ0n) is 22.9. The van der Waals surface area contributed by atoms with Gasteiger partial charge in [0.25, 0.3) is 0 Å². The van der Waals surface area contributed by atoms with Crippen LogP contribution in [-0.2, 0) is 10.3 Å². The van der Waals surface area contributed by atoms with Gasteiger partial charge < -0.3 is 25.0 Å². The molecule has 1 spiro atoms. The van der Waals surface area contributed by atoms with Gasteiger partial charge in [-0.2, -0.15) is 5.10 Å². The zero-order valence-corrected chi connectivity index (χ0v) is 24.4. The predicted molar refractivity (Wildman–Crippen MR) is 157 cm³/mol. The smallest absolute Gasteiger partial charge is 0.250 e. The number of benzene rings is 3. The quantitative estimate of drug-likeness (QED) is 0.264. The van der Waals surface area contributed by atoms with Crippen molar-refractivity contribution in [2.45, 2.75) is 42.7 Å². The molecule has 1 aliphatic carbocycles. The molecule has 4 aliphatic rings. The van der Waals surface area contributed by atoms with Crippen LogP contribution in [-0.4, -0.2) is 57.1 Å². The zero-order chi connectivity index (χ0) is 29.8. The molecule has 4 heterocycles. The highest BCUT2D eigenvalue weighted by molar-refractivity contribution is 6.31. The van der Waals surface area contributed by atoms with Gasteiger partial charge in [-0.1, -0.05) is 41.4 Å². The number of aliphatic hydroxyl groups excluding tert-OH is 1. The maximum Gasteiger partial charge on any atom is 0.250 e. The molecule has 0 unspecified atom stereocenters. The lowest BCUT2D eigenvalue weighted by molar-refractivity contribution is -0.128. The fourth-order valence-corrected chi connectivity index (χ4v) is 7.87. The predicted octanol–water partition coefficient (Wildman–Crippen LogP) is 5.13. The monoisotopic (exact) mass is 624 g/mol. The van der Waals surface area contributed by atoms with E-state index in [4.69, 9.17) is 37.8 Å². The van der Waals surface area contributed by atoms with Crippen LogP contribution in [0.5, 0.6) is 11.6 Å². The number of aliphatic hydroxyl groups is 2. The summed E-state index contributed by atoms with van der Waals surface area (Å²) in [6, 6.07) is 12.5. The van der Waals surface area contributed by atoms with Gasteiger partial charge in [0.05, 0.1) is 40.7 Å². The van der Waals surface area contributed by atoms with Crippen LogP contribution in [0.3, 0.4) is 0 Å². The van der Waals surface area contributed by atoms with Crippen LogP contribution in [0.2, 0.25) is 10.0 Å². The van der Waals surface area contributed by atoms with Crippen LogP contribution in [0, 0.1) is 11.7 Å². The molecule has 9 nitrogen and oxygen atoms in total. The number of hydrogen-bond acceptors (Lipinski definition) is 7. The first kappa shape index (κ1) is 27.2. The number of carbonyl (C=O) groups is 1. The number of ether oxygens (including phenoxy) is 2. The number of fused-ring (bicyclic) bond motifs is 7. The average molecular weight is 625 g/mol. The molecule has 1 aromatic heterocycles. The van der Waals surface area contributed by atoms with E-state index in [0.29, 0.717) is 51.1 Å². The van der Waals surface area contributed by atoms with Crippen LogP contribution in [0.15, 0.2) is 48.5 Å². The number of halogens is 3. The lowest BCUT2D eigenvalue weighted by Crippen LogP contribution is -2.54. The van der Waals surface area contributed by atoms with E-state index in [0.717, 1.165) is 12.8 Å². The number of methoxy groups -OCH3 is 1. The number of nitrogens with one attached hydrogen (secondary N) is 1. The summed E-state index contributed by atoms with van der Waals surface area (Å²) in [4.78, 5) is 16.7. The van der Waals surface area contributed by atoms with Gasteiger partial charge in [-0.15, -0.1) is 0 Å². The van der Waals surface area contributed by atoms with Gasteiger partial charge in [0.2, 0.25) is 11.8 Å². The second-order valence-electron chi connectivity index (χ2n) is 11.7. The van der Waals surface area contributed by atoms with Crippen molar-refractivity contribution in [2.75, 3.05) is 25.6 Å². The lowest BCUT2D eigenvalue weighted by Gasteiger charge is -2.39. The van der Waals surface area contributed by atoms with Gasteiger partial charge in [-0.25, -0.2) is 9.07 Å². The number of nitrogens with zero attached hydrogens (tertiary/aromatic N) is 3. The third-order valence-corrected chi connectivity index (χ3v) is 9.97. The van der Waals surface area contributed by atoms with E-state index in [1.807, 2.05) is 6.07 Å². The molecule has 222 valence electrons. The first-order valence-corrected chi connectivity index (χ1v) is 14.9. The van der Waals surface area contributed by atoms with Crippen molar-refractivity contribution in [1.29, 1.82) is 0 Å². The summed E-state index contributed by atoms with van der Waals surface area (Å²) in [6.07, 6.45) is 0.298. The fraction of sp³-hybridized carbons (Fsp3) is 0.355. The number of hydrogen-bond donors (Lipinski definition) is 3. The average Bonchev–Trinajstić information content (AvgIpc) is 3.58. The molecule has 12 heteroatoms. The van der Waals surface area contributed by atoms with Gasteiger partial charge >= 0.3 is 0 Å². The largest absolute Gasteiger partial charge is 0.496 e. The minimum Gasteiger partial charge on any atom is -0.496 e. The topological polar surface area (TPSA) is 109 Å². The minimum absolute atomic E-state index is 0.0381. The first-order valence-electron chi connectivity index (χ1n) is 14.1. The first-order chi connectivity index (χ1) is 20.7. The van der Waals surface area contributed by atoms with Gasteiger partial charge in [0.1, 0.15) is 23.7 Å². The Balaban J connectivity index is 1.43. The molecule has 43 heavy (non-hydrogen) atoms. The summed E-state index contributed by atoms with van der Waals surface area (Å²) < 4.78 is 29.8. The van der Waals surface area contributed by atoms with Crippen molar-refractivity contribution in [3.05, 3.63) is 81.1 Å². The van der Waals surface area contributed by atoms with E-state index in [1.165, 1.54) is 13.2 Å². The van der Waals surface area contributed by atoms with E-state index < -0.39 is 29.6 Å². The molecule has 3 N–H and O–H groups in total. The van der Waals surface area contributed by atoms with Crippen LogP contribution >= 0.6 is 23.2 Å². The van der Waals surface area contributed by atoms with E-state index in [1.54, 1.807) is 41.1 Å². The van der Waals surface area contributed by atoms with E-state index in [2.05, 4.69) is 10.2 Å². The van der Waals surface area contributed by atoms with E-state index >= 15 is 4.39 Å². The second kappa shape index (κ2) is 9.54. The molecular weight excluding hydrogens is 598 g/mol. The molecule has 2 fully saturated rings. The molecule has 1 saturated heterocycles. The summed E-state index contributed by atoms with van der Waals surface area (Å²) in [5, 5.41) is 29.0. The Bertz CT molecular complexity index is 1830. The molecule has 8 rings (SSSR count). The van der Waals surface area contributed by atoms with Crippen LogP contribution in [0.1, 0.15) is 47.8 Å². The minimum atomic E-state index is -1.78. The van der Waals surface area contributed by atoms with Gasteiger partial charge in [0.15, 0.2) is 6.29 Å². The van der Waals surface area contributed by atoms with Crippen molar-refractivity contribution in [3.63, 3.8) is 0 Å². The normalized spacial score (nSPS) is 26.0. The van der Waals surface area contributed by atoms with Crippen molar-refractivity contribution < 1.29 is 28.9 Å². The Kier molecular flexibility index (Phi) is 6.03. The third kappa shape index (κ3) is 3.74. The molecule has 3 aliphatic heterocycles. The Morgan fingerprint density at radius 3 is 2.77 bits per heavy atom. The number of carbonyl (C=O) groups excluding carboxylic acids is 1. The molecule has 4 aromatic rings. The molecule has 1 saturated carbocycles. The van der Waals surface area contributed by atoms with Gasteiger partial charge in [-0.3, -0.25) is 9.69 Å². The number of anilines is 1. The Labute approximate surface area is 255 Å². The van der Waals surface area contributed by atoms with Crippen LogP contribution in [0.4, 0.5) is 10.1 Å². The Morgan fingerprint density at radius 1 is 1.21 bits per heavy atom. The maximum absolute atomic E-state index is 16.2. The fourth-order valence-electron chi connectivity index (χ4n) is 7.51. The van der Waals surface area contributed by atoms with Crippen LogP contribution in [0.25, 0.3) is 10.9 Å². The highest BCUT2D eigenvalue weighted by atomic mass is 35.5. The van der Waals surface area contributed by atoms with Gasteiger partial charge in [0, 0.05) is 28.7 Å². The molecule has 0 bridgehead atoms. The summed E-state index contributed by atoms with van der Waals surface area (Å²) >= 11 is 12.7. The number of aromatic nitrogens is 2. The Hall–Kier alpha value is -3.41. The van der Waals surface area contributed by atoms with Crippen molar-refractivity contribution >= 4 is 45.7 Å². The Morgan fingerprint density at radius 2 is 2.02 bits per heavy atom. The third-order valence-electron chi connectivity index (χ3n) is 9.45. The highest BCUT2D eigenvalue weighted by Crippen LogP contribution is 2.63. The molecule has 3 aromatic carbocycles. The number of rotatable bonds is 5. The number of amides is 1. The molecule has 1 amide bonds. The van der Waals surface area contributed by atoms with E-state index in [9.17, 15) is 15.0 Å². The van der Waals surface area contributed by atoms with E-state index in [-0.39, 0.29) is 34.9 Å². The maximum atomic E-state index is 16.2. The molecule has 4 atom stereocenters. The lowest BCUT2D eigenvalue weighted by atomic mass is 9.73. The second-order valence-corrected chi connectivity index (χ2v) is 12.6. The SMILES string of the molecule is COc1cc2c3n(nc2cc1C(O)O)[C@@H]1[C@H](CO3)N(CC2CC2)[C@@]2(C(=O)Nc3cc(Cl)ccc32)[C@H]1c1cccc(Cl)c1F.